The van der Waals surface area contributed by atoms with E-state index in [2.05, 4.69) is 5.32 Å². The minimum Gasteiger partial charge on any atom is -0.329 e. The summed E-state index contributed by atoms with van der Waals surface area (Å²) in [5.74, 6) is -1.14. The number of halogens is 2. The van der Waals surface area contributed by atoms with Gasteiger partial charge in [0.15, 0.2) is 0 Å². The van der Waals surface area contributed by atoms with Crippen LogP contribution in [-0.2, 0) is 0 Å². The van der Waals surface area contributed by atoms with Gasteiger partial charge in [0.1, 0.15) is 11.6 Å². The molecule has 1 unspecified atom stereocenters. The van der Waals surface area contributed by atoms with Gasteiger partial charge >= 0.3 is 0 Å². The zero-order chi connectivity index (χ0) is 11.3. The lowest BCUT2D eigenvalue weighted by molar-refractivity contribution is 0.524. The number of hydrogen-bond donors (Lipinski definition) is 2. The fourth-order valence-electron chi connectivity index (χ4n) is 1.43. The van der Waals surface area contributed by atoms with Crippen LogP contribution >= 0.6 is 0 Å². The normalized spacial score (nSPS) is 12.8. The Hall–Kier alpha value is -1.00. The number of nitrogens with one attached hydrogen (secondary N) is 1. The predicted molar refractivity (Wildman–Crippen MR) is 56.4 cm³/mol. The molecule has 84 valence electrons. The molecule has 0 aliphatic rings. The largest absolute Gasteiger partial charge is 0.329 e. The fraction of sp³-hybridized carbons (Fsp3) is 0.455. The highest BCUT2D eigenvalue weighted by atomic mass is 19.1. The Morgan fingerprint density at radius 2 is 1.87 bits per heavy atom. The summed E-state index contributed by atoms with van der Waals surface area (Å²) in [6.45, 7) is 3.12. The number of hydrogen-bond acceptors (Lipinski definition) is 2. The second-order valence-electron chi connectivity index (χ2n) is 3.45. The minimum absolute atomic E-state index is 0.185. The van der Waals surface area contributed by atoms with E-state index in [1.54, 1.807) is 0 Å². The third-order valence-corrected chi connectivity index (χ3v) is 2.16. The van der Waals surface area contributed by atoms with Crippen LogP contribution in [0.1, 0.15) is 24.9 Å². The second-order valence-corrected chi connectivity index (χ2v) is 3.45. The van der Waals surface area contributed by atoms with E-state index < -0.39 is 11.6 Å². The van der Waals surface area contributed by atoms with Crippen molar-refractivity contribution in [3.63, 3.8) is 0 Å². The first-order valence-electron chi connectivity index (χ1n) is 5.06. The molecule has 0 saturated carbocycles. The summed E-state index contributed by atoms with van der Waals surface area (Å²) >= 11 is 0. The van der Waals surface area contributed by atoms with E-state index in [0.29, 0.717) is 12.1 Å². The van der Waals surface area contributed by atoms with Crippen LogP contribution in [0.4, 0.5) is 8.78 Å². The van der Waals surface area contributed by atoms with E-state index >= 15 is 0 Å². The van der Waals surface area contributed by atoms with Gasteiger partial charge in [-0.25, -0.2) is 8.78 Å². The summed E-state index contributed by atoms with van der Waals surface area (Å²) in [5.41, 5.74) is 6.10. The molecule has 15 heavy (non-hydrogen) atoms. The van der Waals surface area contributed by atoms with Gasteiger partial charge in [-0.05, 0) is 30.7 Å². The van der Waals surface area contributed by atoms with Gasteiger partial charge < -0.3 is 11.1 Å². The van der Waals surface area contributed by atoms with Crippen molar-refractivity contribution >= 4 is 0 Å². The van der Waals surface area contributed by atoms with Crippen molar-refractivity contribution < 1.29 is 8.78 Å². The molecule has 1 aromatic rings. The van der Waals surface area contributed by atoms with Crippen molar-refractivity contribution in [2.75, 3.05) is 13.1 Å². The molecule has 0 heterocycles. The predicted octanol–water partition coefficient (Wildman–Crippen LogP) is 1.96. The molecule has 0 saturated heterocycles. The van der Waals surface area contributed by atoms with Gasteiger partial charge in [-0.3, -0.25) is 0 Å². The molecule has 0 aromatic heterocycles. The van der Waals surface area contributed by atoms with Crippen LogP contribution in [-0.4, -0.2) is 13.1 Å². The standard InChI is InChI=1S/C11H16F2N2/c1-2-3-15-11(7-14)8-4-9(12)6-10(13)5-8/h4-6,11,15H,2-3,7,14H2,1H3. The maximum Gasteiger partial charge on any atom is 0.126 e. The summed E-state index contributed by atoms with van der Waals surface area (Å²) < 4.78 is 25.9. The maximum absolute atomic E-state index is 12.9. The third-order valence-electron chi connectivity index (χ3n) is 2.16. The molecule has 0 fully saturated rings. The Labute approximate surface area is 88.5 Å². The van der Waals surface area contributed by atoms with E-state index in [1.165, 1.54) is 12.1 Å². The zero-order valence-corrected chi connectivity index (χ0v) is 8.76. The van der Waals surface area contributed by atoms with Crippen molar-refractivity contribution in [1.29, 1.82) is 0 Å². The summed E-state index contributed by atoms with van der Waals surface area (Å²) in [4.78, 5) is 0. The Bertz CT molecular complexity index is 295. The quantitative estimate of drug-likeness (QED) is 0.786. The number of benzene rings is 1. The average molecular weight is 214 g/mol. The van der Waals surface area contributed by atoms with E-state index in [9.17, 15) is 8.78 Å². The van der Waals surface area contributed by atoms with E-state index in [1.807, 2.05) is 6.92 Å². The van der Waals surface area contributed by atoms with E-state index in [0.717, 1.165) is 19.0 Å². The van der Waals surface area contributed by atoms with Crippen molar-refractivity contribution in [3.05, 3.63) is 35.4 Å². The van der Waals surface area contributed by atoms with Gasteiger partial charge in [0.2, 0.25) is 0 Å². The van der Waals surface area contributed by atoms with Crippen LogP contribution < -0.4 is 11.1 Å². The molecule has 4 heteroatoms. The molecule has 0 radical (unpaired) electrons. The lowest BCUT2D eigenvalue weighted by atomic mass is 10.1. The molecule has 0 aliphatic carbocycles. The Balaban J connectivity index is 2.81. The maximum atomic E-state index is 12.9. The summed E-state index contributed by atoms with van der Waals surface area (Å²) in [6, 6.07) is 3.29. The van der Waals surface area contributed by atoms with Crippen LogP contribution in [0, 0.1) is 11.6 Å². The first kappa shape index (κ1) is 12.1. The highest BCUT2D eigenvalue weighted by molar-refractivity contribution is 5.21. The van der Waals surface area contributed by atoms with Gasteiger partial charge in [0, 0.05) is 18.7 Å². The van der Waals surface area contributed by atoms with Gasteiger partial charge in [-0.1, -0.05) is 6.92 Å². The molecule has 3 N–H and O–H groups in total. The summed E-state index contributed by atoms with van der Waals surface area (Å²) in [6.07, 6.45) is 0.953. The second kappa shape index (κ2) is 5.78. The Kier molecular flexibility index (Phi) is 4.65. The van der Waals surface area contributed by atoms with Gasteiger partial charge in [-0.15, -0.1) is 0 Å². The van der Waals surface area contributed by atoms with Gasteiger partial charge in [0.25, 0.3) is 0 Å². The molecule has 1 rings (SSSR count). The first-order chi connectivity index (χ1) is 7.17. The van der Waals surface area contributed by atoms with E-state index in [-0.39, 0.29) is 6.04 Å². The third kappa shape index (κ3) is 3.57. The van der Waals surface area contributed by atoms with Crippen molar-refractivity contribution in [2.24, 2.45) is 5.73 Å². The summed E-state index contributed by atoms with van der Waals surface area (Å²) in [7, 11) is 0. The molecule has 2 nitrogen and oxygen atoms in total. The zero-order valence-electron chi connectivity index (χ0n) is 8.76. The molecule has 0 amide bonds. The molecule has 1 aromatic carbocycles. The molecule has 1 atom stereocenters. The molecule has 0 aliphatic heterocycles. The topological polar surface area (TPSA) is 38.0 Å². The van der Waals surface area contributed by atoms with Crippen LogP contribution in [0.3, 0.4) is 0 Å². The highest BCUT2D eigenvalue weighted by Gasteiger charge is 2.10. The highest BCUT2D eigenvalue weighted by Crippen LogP contribution is 2.15. The fourth-order valence-corrected chi connectivity index (χ4v) is 1.43. The van der Waals surface area contributed by atoms with Crippen molar-refractivity contribution in [2.45, 2.75) is 19.4 Å². The minimum atomic E-state index is -0.568. The Morgan fingerprint density at radius 1 is 1.27 bits per heavy atom. The lowest BCUT2D eigenvalue weighted by Crippen LogP contribution is -2.28. The smallest absolute Gasteiger partial charge is 0.126 e. The lowest BCUT2D eigenvalue weighted by Gasteiger charge is -2.16. The molecule has 0 bridgehead atoms. The molecule has 0 spiro atoms. The van der Waals surface area contributed by atoms with Crippen LogP contribution in [0.25, 0.3) is 0 Å². The van der Waals surface area contributed by atoms with E-state index in [4.69, 9.17) is 5.73 Å². The SMILES string of the molecule is CCCNC(CN)c1cc(F)cc(F)c1. The number of rotatable bonds is 5. The average Bonchev–Trinajstić information content (AvgIpc) is 2.17. The van der Waals surface area contributed by atoms with Crippen LogP contribution in [0.15, 0.2) is 18.2 Å². The molecular weight excluding hydrogens is 198 g/mol. The number of nitrogens with two attached hydrogens (primary N) is 1. The molecular formula is C11H16F2N2. The van der Waals surface area contributed by atoms with Gasteiger partial charge in [-0.2, -0.15) is 0 Å². The Morgan fingerprint density at radius 3 is 2.33 bits per heavy atom. The van der Waals surface area contributed by atoms with Crippen LogP contribution in [0.5, 0.6) is 0 Å². The van der Waals surface area contributed by atoms with Crippen molar-refractivity contribution in [1.82, 2.24) is 5.32 Å². The monoisotopic (exact) mass is 214 g/mol. The first-order valence-corrected chi connectivity index (χ1v) is 5.06. The van der Waals surface area contributed by atoms with Crippen molar-refractivity contribution in [3.8, 4) is 0 Å². The van der Waals surface area contributed by atoms with Gasteiger partial charge in [0.05, 0.1) is 0 Å². The van der Waals surface area contributed by atoms with Crippen LogP contribution in [0.2, 0.25) is 0 Å². The summed E-state index contributed by atoms with van der Waals surface area (Å²) in [5, 5.41) is 3.13.